The normalized spacial score (nSPS) is 13.5. The highest BCUT2D eigenvalue weighted by molar-refractivity contribution is 6.21. The van der Waals surface area contributed by atoms with Crippen molar-refractivity contribution in [3.05, 3.63) is 29.3 Å². The Morgan fingerprint density at radius 2 is 2.06 bits per heavy atom. The Labute approximate surface area is 109 Å². The maximum atomic E-state index is 6.15. The fourth-order valence-corrected chi connectivity index (χ4v) is 1.59. The summed E-state index contributed by atoms with van der Waals surface area (Å²) in [5, 5.41) is 3.53. The molecule has 0 saturated heterocycles. The summed E-state index contributed by atoms with van der Waals surface area (Å²) in [5.74, 6) is 0.918. The Morgan fingerprint density at radius 1 is 1.41 bits per heavy atom. The molecule has 0 heterocycles. The van der Waals surface area contributed by atoms with Gasteiger partial charge in [-0.1, -0.05) is 17.7 Å². The lowest BCUT2D eigenvalue weighted by Gasteiger charge is -2.29. The predicted octanol–water partition coefficient (Wildman–Crippen LogP) is 3.50. The van der Waals surface area contributed by atoms with Gasteiger partial charge in [0.1, 0.15) is 5.75 Å². The van der Waals surface area contributed by atoms with Crippen LogP contribution in [-0.2, 0) is 6.54 Å². The smallest absolute Gasteiger partial charge is 0.123 e. The average molecular weight is 256 g/mol. The molecule has 96 valence electrons. The van der Waals surface area contributed by atoms with Crippen LogP contribution in [0, 0.1) is 6.92 Å². The van der Waals surface area contributed by atoms with Crippen molar-refractivity contribution in [3.63, 3.8) is 0 Å². The standard InChI is InChI=1S/C14H22ClNO/c1-10-6-7-13(17-5)12(8-10)9-16-14(3,4)11(2)15/h6-8,11,16H,9H2,1-5H3. The molecule has 0 spiro atoms. The van der Waals surface area contributed by atoms with Gasteiger partial charge in [0, 0.05) is 23.0 Å². The van der Waals surface area contributed by atoms with Crippen LogP contribution in [0.3, 0.4) is 0 Å². The van der Waals surface area contributed by atoms with E-state index in [0.717, 1.165) is 17.9 Å². The zero-order valence-corrected chi connectivity index (χ0v) is 12.1. The second-order valence-electron chi connectivity index (χ2n) is 5.01. The van der Waals surface area contributed by atoms with E-state index in [4.69, 9.17) is 16.3 Å². The lowest BCUT2D eigenvalue weighted by atomic mass is 10.0. The van der Waals surface area contributed by atoms with Gasteiger partial charge in [0.05, 0.1) is 7.11 Å². The van der Waals surface area contributed by atoms with Crippen molar-refractivity contribution in [1.29, 1.82) is 0 Å². The largest absolute Gasteiger partial charge is 0.496 e. The van der Waals surface area contributed by atoms with E-state index in [1.54, 1.807) is 7.11 Å². The molecule has 0 saturated carbocycles. The predicted molar refractivity (Wildman–Crippen MR) is 74.0 cm³/mol. The molecule has 0 amide bonds. The van der Waals surface area contributed by atoms with Gasteiger partial charge >= 0.3 is 0 Å². The van der Waals surface area contributed by atoms with Crippen molar-refractivity contribution in [1.82, 2.24) is 5.32 Å². The molecule has 1 N–H and O–H groups in total. The number of hydrogen-bond acceptors (Lipinski definition) is 2. The summed E-state index contributed by atoms with van der Waals surface area (Å²) in [6, 6.07) is 6.20. The third kappa shape index (κ3) is 3.90. The van der Waals surface area contributed by atoms with E-state index in [9.17, 15) is 0 Å². The van der Waals surface area contributed by atoms with Gasteiger partial charge in [-0.25, -0.2) is 0 Å². The fraction of sp³-hybridized carbons (Fsp3) is 0.571. The second-order valence-corrected chi connectivity index (χ2v) is 5.66. The third-order valence-corrected chi connectivity index (χ3v) is 3.71. The van der Waals surface area contributed by atoms with Gasteiger partial charge in [-0.3, -0.25) is 0 Å². The van der Waals surface area contributed by atoms with E-state index in [2.05, 4.69) is 38.2 Å². The van der Waals surface area contributed by atoms with Crippen LogP contribution >= 0.6 is 11.6 Å². The number of methoxy groups -OCH3 is 1. The van der Waals surface area contributed by atoms with Crippen LogP contribution in [0.15, 0.2) is 18.2 Å². The average Bonchev–Trinajstić information content (AvgIpc) is 2.26. The van der Waals surface area contributed by atoms with E-state index in [1.165, 1.54) is 5.56 Å². The SMILES string of the molecule is COc1ccc(C)cc1CNC(C)(C)C(C)Cl. The first-order chi connectivity index (χ1) is 7.86. The minimum atomic E-state index is -0.101. The third-order valence-electron chi connectivity index (χ3n) is 3.16. The van der Waals surface area contributed by atoms with Gasteiger partial charge < -0.3 is 10.1 Å². The first-order valence-electron chi connectivity index (χ1n) is 5.89. The second kappa shape index (κ2) is 5.74. The summed E-state index contributed by atoms with van der Waals surface area (Å²) < 4.78 is 5.35. The van der Waals surface area contributed by atoms with Crippen LogP contribution in [0.1, 0.15) is 31.9 Å². The van der Waals surface area contributed by atoms with Gasteiger partial charge in [0.15, 0.2) is 0 Å². The van der Waals surface area contributed by atoms with E-state index in [0.29, 0.717) is 0 Å². The van der Waals surface area contributed by atoms with E-state index >= 15 is 0 Å². The molecule has 0 aliphatic carbocycles. The van der Waals surface area contributed by atoms with Crippen molar-refractivity contribution in [2.45, 2.75) is 45.2 Å². The molecule has 2 nitrogen and oxygen atoms in total. The minimum Gasteiger partial charge on any atom is -0.496 e. The van der Waals surface area contributed by atoms with Crippen molar-refractivity contribution < 1.29 is 4.74 Å². The number of alkyl halides is 1. The van der Waals surface area contributed by atoms with Crippen molar-refractivity contribution in [2.75, 3.05) is 7.11 Å². The first kappa shape index (κ1) is 14.3. The van der Waals surface area contributed by atoms with Crippen LogP contribution in [0.2, 0.25) is 0 Å². The topological polar surface area (TPSA) is 21.3 Å². The molecule has 0 aliphatic heterocycles. The van der Waals surface area contributed by atoms with Crippen LogP contribution in [0.5, 0.6) is 5.75 Å². The quantitative estimate of drug-likeness (QED) is 0.814. The molecule has 0 aromatic heterocycles. The van der Waals surface area contributed by atoms with Gasteiger partial charge in [-0.2, -0.15) is 0 Å². The lowest BCUT2D eigenvalue weighted by Crippen LogP contribution is -2.45. The Balaban J connectivity index is 2.78. The van der Waals surface area contributed by atoms with Crippen LogP contribution in [-0.4, -0.2) is 18.0 Å². The van der Waals surface area contributed by atoms with Crippen molar-refractivity contribution in [3.8, 4) is 5.75 Å². The monoisotopic (exact) mass is 255 g/mol. The maximum Gasteiger partial charge on any atom is 0.123 e. The molecule has 17 heavy (non-hydrogen) atoms. The zero-order chi connectivity index (χ0) is 13.1. The van der Waals surface area contributed by atoms with Gasteiger partial charge in [0.2, 0.25) is 0 Å². The highest BCUT2D eigenvalue weighted by Crippen LogP contribution is 2.21. The summed E-state index contributed by atoms with van der Waals surface area (Å²) >= 11 is 6.15. The molecule has 0 bridgehead atoms. The van der Waals surface area contributed by atoms with Gasteiger partial charge in [0.25, 0.3) is 0 Å². The number of nitrogens with one attached hydrogen (secondary N) is 1. The molecule has 0 aliphatic rings. The summed E-state index contributed by atoms with van der Waals surface area (Å²) in [7, 11) is 1.70. The number of aryl methyl sites for hydroxylation is 1. The van der Waals surface area contributed by atoms with Gasteiger partial charge in [-0.15, -0.1) is 11.6 Å². The Bertz CT molecular complexity index is 374. The molecular weight excluding hydrogens is 234 g/mol. The number of hydrogen-bond donors (Lipinski definition) is 1. The Morgan fingerprint density at radius 3 is 2.59 bits per heavy atom. The minimum absolute atomic E-state index is 0.0679. The molecule has 3 heteroatoms. The summed E-state index contributed by atoms with van der Waals surface area (Å²) in [5.41, 5.74) is 2.30. The summed E-state index contributed by atoms with van der Waals surface area (Å²) in [6.07, 6.45) is 0. The maximum absolute atomic E-state index is 6.15. The van der Waals surface area contributed by atoms with E-state index < -0.39 is 0 Å². The number of halogens is 1. The lowest BCUT2D eigenvalue weighted by molar-refractivity contribution is 0.368. The molecule has 1 atom stereocenters. The van der Waals surface area contributed by atoms with E-state index in [1.807, 2.05) is 13.0 Å². The molecule has 1 aromatic rings. The van der Waals surface area contributed by atoms with E-state index in [-0.39, 0.29) is 10.9 Å². The molecule has 0 radical (unpaired) electrons. The molecule has 1 aromatic carbocycles. The molecule has 1 unspecified atom stereocenters. The first-order valence-corrected chi connectivity index (χ1v) is 6.33. The van der Waals surface area contributed by atoms with Crippen LogP contribution < -0.4 is 10.1 Å². The van der Waals surface area contributed by atoms with Crippen LogP contribution in [0.4, 0.5) is 0 Å². The number of rotatable bonds is 5. The Kier molecular flexibility index (Phi) is 4.84. The number of ether oxygens (including phenoxy) is 1. The number of benzene rings is 1. The molecule has 1 rings (SSSR count). The highest BCUT2D eigenvalue weighted by atomic mass is 35.5. The van der Waals surface area contributed by atoms with Crippen LogP contribution in [0.25, 0.3) is 0 Å². The summed E-state index contributed by atoms with van der Waals surface area (Å²) in [6.45, 7) is 9.05. The summed E-state index contributed by atoms with van der Waals surface area (Å²) in [4.78, 5) is 0. The molecule has 0 fully saturated rings. The Hall–Kier alpha value is -0.730. The fourth-order valence-electron chi connectivity index (χ4n) is 1.51. The van der Waals surface area contributed by atoms with Gasteiger partial charge in [-0.05, 0) is 33.8 Å². The molecular formula is C14H22ClNO. The van der Waals surface area contributed by atoms with Crippen molar-refractivity contribution >= 4 is 11.6 Å². The highest BCUT2D eigenvalue weighted by Gasteiger charge is 2.23. The zero-order valence-electron chi connectivity index (χ0n) is 11.3. The van der Waals surface area contributed by atoms with Crippen molar-refractivity contribution in [2.24, 2.45) is 0 Å².